The Labute approximate surface area is 121 Å². The topological polar surface area (TPSA) is 49.3 Å². The van der Waals surface area contributed by atoms with Crippen LogP contribution in [0.25, 0.3) is 0 Å². The number of hydrogen-bond donors (Lipinski definition) is 2. The van der Waals surface area contributed by atoms with Crippen LogP contribution in [-0.4, -0.2) is 23.7 Å². The third kappa shape index (κ3) is 5.08. The van der Waals surface area contributed by atoms with Crippen LogP contribution in [0.3, 0.4) is 0 Å². The Balaban J connectivity index is 2.46. The average Bonchev–Trinajstić information content (AvgIpc) is 2.53. The van der Waals surface area contributed by atoms with Crippen LogP contribution in [0.1, 0.15) is 42.4 Å². The Kier molecular flexibility index (Phi) is 5.37. The molecule has 0 radical (unpaired) electrons. The minimum absolute atomic E-state index is 0.0622. The number of aliphatic hydroxyl groups is 1. The van der Waals surface area contributed by atoms with Gasteiger partial charge in [0.1, 0.15) is 0 Å². The summed E-state index contributed by atoms with van der Waals surface area (Å²) in [6, 6.07) is 1.85. The highest BCUT2D eigenvalue weighted by Crippen LogP contribution is 2.27. The maximum Gasteiger partial charge on any atom is 0.261 e. The number of aryl methyl sites for hydroxylation is 1. The van der Waals surface area contributed by atoms with Gasteiger partial charge >= 0.3 is 0 Å². The van der Waals surface area contributed by atoms with Gasteiger partial charge in [-0.1, -0.05) is 20.8 Å². The van der Waals surface area contributed by atoms with Crippen LogP contribution in [0.15, 0.2) is 9.85 Å². The number of rotatable bonds is 4. The number of halogens is 1. The van der Waals surface area contributed by atoms with Crippen molar-refractivity contribution in [3.05, 3.63) is 20.3 Å². The van der Waals surface area contributed by atoms with Crippen molar-refractivity contribution in [3.8, 4) is 0 Å². The summed E-state index contributed by atoms with van der Waals surface area (Å²) in [7, 11) is 0. The second kappa shape index (κ2) is 6.17. The van der Waals surface area contributed by atoms with Crippen LogP contribution in [0.4, 0.5) is 0 Å². The van der Waals surface area contributed by atoms with Crippen LogP contribution in [0.5, 0.6) is 0 Å². The highest BCUT2D eigenvalue weighted by molar-refractivity contribution is 9.11. The molecule has 0 aliphatic carbocycles. The van der Waals surface area contributed by atoms with E-state index < -0.39 is 6.10 Å². The fourth-order valence-electron chi connectivity index (χ4n) is 1.65. The van der Waals surface area contributed by atoms with Crippen LogP contribution < -0.4 is 5.32 Å². The number of thiophene rings is 1. The second-order valence-electron chi connectivity index (χ2n) is 5.70. The first-order valence-electron chi connectivity index (χ1n) is 5.91. The van der Waals surface area contributed by atoms with Crippen LogP contribution in [0.2, 0.25) is 0 Å². The van der Waals surface area contributed by atoms with Crippen molar-refractivity contribution in [1.82, 2.24) is 5.32 Å². The van der Waals surface area contributed by atoms with E-state index in [4.69, 9.17) is 0 Å². The summed E-state index contributed by atoms with van der Waals surface area (Å²) < 4.78 is 0.975. The molecule has 1 aromatic heterocycles. The molecular formula is C13H20BrNO2S. The summed E-state index contributed by atoms with van der Waals surface area (Å²) in [5.74, 6) is -0.123. The zero-order valence-corrected chi connectivity index (χ0v) is 13.6. The maximum atomic E-state index is 11.8. The molecule has 1 heterocycles. The molecule has 0 saturated carbocycles. The van der Waals surface area contributed by atoms with E-state index in [-0.39, 0.29) is 11.3 Å². The van der Waals surface area contributed by atoms with Crippen LogP contribution in [0, 0.1) is 12.3 Å². The minimum Gasteiger partial charge on any atom is -0.391 e. The van der Waals surface area contributed by atoms with Crippen molar-refractivity contribution in [3.63, 3.8) is 0 Å². The van der Waals surface area contributed by atoms with E-state index in [1.54, 1.807) is 0 Å². The summed E-state index contributed by atoms with van der Waals surface area (Å²) >= 11 is 4.80. The number of carbonyl (C=O) groups excluding carboxylic acids is 1. The molecule has 2 N–H and O–H groups in total. The Hall–Kier alpha value is -0.390. The molecule has 1 unspecified atom stereocenters. The Bertz CT molecular complexity index is 404. The number of hydrogen-bond acceptors (Lipinski definition) is 3. The fourth-order valence-corrected chi connectivity index (χ4v) is 3.10. The minimum atomic E-state index is -0.501. The fraction of sp³-hybridized carbons (Fsp3) is 0.615. The highest BCUT2D eigenvalue weighted by atomic mass is 79.9. The smallest absolute Gasteiger partial charge is 0.261 e. The number of aliphatic hydroxyl groups excluding tert-OH is 1. The van der Waals surface area contributed by atoms with Crippen molar-refractivity contribution < 1.29 is 9.90 Å². The normalized spacial score (nSPS) is 13.4. The van der Waals surface area contributed by atoms with Gasteiger partial charge < -0.3 is 10.4 Å². The number of nitrogens with one attached hydrogen (secondary N) is 1. The van der Waals surface area contributed by atoms with E-state index in [1.165, 1.54) is 11.3 Å². The van der Waals surface area contributed by atoms with E-state index in [0.717, 1.165) is 9.35 Å². The summed E-state index contributed by atoms with van der Waals surface area (Å²) in [6.07, 6.45) is 0.166. The monoisotopic (exact) mass is 333 g/mol. The Morgan fingerprint density at radius 3 is 2.61 bits per heavy atom. The molecule has 0 fully saturated rings. The first kappa shape index (κ1) is 15.7. The van der Waals surface area contributed by atoms with Gasteiger partial charge in [-0.15, -0.1) is 11.3 Å². The maximum absolute atomic E-state index is 11.8. The number of carbonyl (C=O) groups is 1. The molecule has 3 nitrogen and oxygen atoms in total. The molecule has 18 heavy (non-hydrogen) atoms. The highest BCUT2D eigenvalue weighted by Gasteiger charge is 2.18. The molecule has 1 amide bonds. The third-order valence-electron chi connectivity index (χ3n) is 2.43. The van der Waals surface area contributed by atoms with Gasteiger partial charge in [-0.3, -0.25) is 4.79 Å². The quantitative estimate of drug-likeness (QED) is 0.887. The van der Waals surface area contributed by atoms with Crippen molar-refractivity contribution in [2.75, 3.05) is 6.54 Å². The lowest BCUT2D eigenvalue weighted by Crippen LogP contribution is -2.33. The van der Waals surface area contributed by atoms with Gasteiger partial charge in [-0.05, 0) is 46.3 Å². The van der Waals surface area contributed by atoms with Crippen LogP contribution in [-0.2, 0) is 0 Å². The zero-order chi connectivity index (χ0) is 13.9. The predicted molar refractivity (Wildman–Crippen MR) is 79.2 cm³/mol. The Morgan fingerprint density at radius 2 is 2.17 bits per heavy atom. The molecule has 0 aliphatic rings. The van der Waals surface area contributed by atoms with Gasteiger partial charge in [0, 0.05) is 6.54 Å². The van der Waals surface area contributed by atoms with Gasteiger partial charge in [0.15, 0.2) is 0 Å². The predicted octanol–water partition coefficient (Wildman–Crippen LogP) is 3.35. The molecular weight excluding hydrogens is 314 g/mol. The second-order valence-corrected chi connectivity index (χ2v) is 8.07. The van der Waals surface area contributed by atoms with Crippen LogP contribution >= 0.6 is 27.3 Å². The summed E-state index contributed by atoms with van der Waals surface area (Å²) in [4.78, 5) is 12.5. The molecule has 0 aromatic carbocycles. The van der Waals surface area contributed by atoms with Gasteiger partial charge in [0.05, 0.1) is 14.8 Å². The van der Waals surface area contributed by atoms with Crippen molar-refractivity contribution in [2.24, 2.45) is 5.41 Å². The van der Waals surface area contributed by atoms with E-state index in [2.05, 4.69) is 42.0 Å². The van der Waals surface area contributed by atoms with E-state index in [9.17, 15) is 9.90 Å². The lowest BCUT2D eigenvalue weighted by Gasteiger charge is -2.22. The zero-order valence-electron chi connectivity index (χ0n) is 11.2. The van der Waals surface area contributed by atoms with Gasteiger partial charge in [0.25, 0.3) is 5.91 Å². The molecule has 0 spiro atoms. The first-order valence-corrected chi connectivity index (χ1v) is 7.52. The van der Waals surface area contributed by atoms with Gasteiger partial charge in [0.2, 0.25) is 0 Å². The summed E-state index contributed by atoms with van der Waals surface area (Å²) in [6.45, 7) is 8.45. The molecule has 0 aliphatic heterocycles. The molecule has 1 atom stereocenters. The molecule has 0 saturated heterocycles. The van der Waals surface area contributed by atoms with E-state index in [1.807, 2.05) is 13.0 Å². The summed E-state index contributed by atoms with van der Waals surface area (Å²) in [5, 5.41) is 12.6. The molecule has 0 bridgehead atoms. The first-order chi connectivity index (χ1) is 8.19. The van der Waals surface area contributed by atoms with E-state index >= 15 is 0 Å². The molecule has 1 aromatic rings. The summed E-state index contributed by atoms with van der Waals surface area (Å²) in [5.41, 5.74) is 1.12. The van der Waals surface area contributed by atoms with E-state index in [0.29, 0.717) is 17.8 Å². The third-order valence-corrected chi connectivity index (χ3v) is 4.56. The molecule has 5 heteroatoms. The largest absolute Gasteiger partial charge is 0.391 e. The van der Waals surface area contributed by atoms with Crippen molar-refractivity contribution >= 4 is 33.2 Å². The average molecular weight is 334 g/mol. The standard InChI is InChI=1S/C13H20BrNO2S/c1-8-5-10(18-11(8)14)12(17)15-7-9(16)6-13(2,3)4/h5,9,16H,6-7H2,1-4H3,(H,15,17). The molecule has 102 valence electrons. The Morgan fingerprint density at radius 1 is 1.56 bits per heavy atom. The van der Waals surface area contributed by atoms with Gasteiger partial charge in [-0.2, -0.15) is 0 Å². The van der Waals surface area contributed by atoms with Crippen molar-refractivity contribution in [1.29, 1.82) is 0 Å². The number of amides is 1. The SMILES string of the molecule is Cc1cc(C(=O)NCC(O)CC(C)(C)C)sc1Br. The van der Waals surface area contributed by atoms with Gasteiger partial charge in [-0.25, -0.2) is 0 Å². The lowest BCUT2D eigenvalue weighted by molar-refractivity contribution is 0.0872. The van der Waals surface area contributed by atoms with Crippen molar-refractivity contribution in [2.45, 2.75) is 40.2 Å². The lowest BCUT2D eigenvalue weighted by atomic mass is 9.89. The molecule has 1 rings (SSSR count).